The Bertz CT molecular complexity index is 511. The van der Waals surface area contributed by atoms with Crippen LogP contribution >= 0.6 is 0 Å². The molecule has 1 heterocycles. The van der Waals surface area contributed by atoms with Crippen molar-refractivity contribution < 1.29 is 4.74 Å². The number of benzene rings is 2. The Morgan fingerprint density at radius 2 is 1.76 bits per heavy atom. The largest absolute Gasteiger partial charge is 0.487 e. The number of hydrogen-bond donors (Lipinski definition) is 2. The summed E-state index contributed by atoms with van der Waals surface area (Å²) >= 11 is 0. The van der Waals surface area contributed by atoms with Crippen LogP contribution in [-0.4, -0.2) is 0 Å². The summed E-state index contributed by atoms with van der Waals surface area (Å²) in [5, 5.41) is 6.27. The lowest BCUT2D eigenvalue weighted by Gasteiger charge is -2.10. The first-order chi connectivity index (χ1) is 8.43. The molecule has 17 heavy (non-hydrogen) atoms. The zero-order valence-corrected chi connectivity index (χ0v) is 9.31. The summed E-state index contributed by atoms with van der Waals surface area (Å²) in [6, 6.07) is 16.1. The van der Waals surface area contributed by atoms with Gasteiger partial charge in [0.05, 0.1) is 5.69 Å². The molecule has 2 aromatic rings. The van der Waals surface area contributed by atoms with Crippen molar-refractivity contribution >= 4 is 11.4 Å². The molecule has 0 bridgehead atoms. The standard InChI is InChI=1S/C14H13N2O/c1-2-5-11(6-3-1)9-17-13-8-4-7-12-14(13)16-10-15-12/h1-8,10,15-16H,9H2. The summed E-state index contributed by atoms with van der Waals surface area (Å²) in [4.78, 5) is 0. The smallest absolute Gasteiger partial charge is 0.145 e. The van der Waals surface area contributed by atoms with Gasteiger partial charge in [-0.15, -0.1) is 0 Å². The quantitative estimate of drug-likeness (QED) is 0.841. The third-order valence-corrected chi connectivity index (χ3v) is 2.71. The number of para-hydroxylation sites is 1. The van der Waals surface area contributed by atoms with Crippen LogP contribution < -0.4 is 15.4 Å². The molecule has 0 aromatic heterocycles. The number of fused-ring (bicyclic) bond motifs is 1. The van der Waals surface area contributed by atoms with E-state index in [1.165, 1.54) is 5.56 Å². The van der Waals surface area contributed by atoms with Crippen LogP contribution in [0.4, 0.5) is 11.4 Å². The summed E-state index contributed by atoms with van der Waals surface area (Å²) in [5.74, 6) is 0.868. The van der Waals surface area contributed by atoms with Gasteiger partial charge in [0, 0.05) is 0 Å². The van der Waals surface area contributed by atoms with E-state index in [0.29, 0.717) is 6.61 Å². The molecule has 3 heteroatoms. The lowest BCUT2D eigenvalue weighted by Crippen LogP contribution is -1.97. The van der Waals surface area contributed by atoms with Crippen molar-refractivity contribution in [2.24, 2.45) is 0 Å². The van der Waals surface area contributed by atoms with Crippen molar-refractivity contribution in [1.82, 2.24) is 0 Å². The first-order valence-corrected chi connectivity index (χ1v) is 5.58. The first-order valence-electron chi connectivity index (χ1n) is 5.58. The minimum Gasteiger partial charge on any atom is -0.487 e. The normalized spacial score (nSPS) is 12.5. The maximum Gasteiger partial charge on any atom is 0.145 e. The van der Waals surface area contributed by atoms with Crippen LogP contribution in [0.3, 0.4) is 0 Å². The van der Waals surface area contributed by atoms with Crippen molar-refractivity contribution in [3.8, 4) is 5.75 Å². The Morgan fingerprint density at radius 3 is 2.65 bits per heavy atom. The third kappa shape index (κ3) is 2.04. The topological polar surface area (TPSA) is 33.3 Å². The van der Waals surface area contributed by atoms with Crippen LogP contribution in [-0.2, 0) is 6.61 Å². The monoisotopic (exact) mass is 225 g/mol. The Kier molecular flexibility index (Phi) is 2.58. The summed E-state index contributed by atoms with van der Waals surface area (Å²) in [7, 11) is 0. The fourth-order valence-corrected chi connectivity index (χ4v) is 1.84. The summed E-state index contributed by atoms with van der Waals surface area (Å²) in [6.07, 6.45) is 0. The van der Waals surface area contributed by atoms with Gasteiger partial charge < -0.3 is 15.4 Å². The van der Waals surface area contributed by atoms with Crippen LogP contribution in [0.15, 0.2) is 48.5 Å². The Hall–Kier alpha value is -2.16. The van der Waals surface area contributed by atoms with Gasteiger partial charge in [-0.25, -0.2) is 0 Å². The molecular formula is C14H13N2O. The van der Waals surface area contributed by atoms with Gasteiger partial charge in [0.1, 0.15) is 24.7 Å². The van der Waals surface area contributed by atoms with Gasteiger partial charge in [0.2, 0.25) is 0 Å². The van der Waals surface area contributed by atoms with Crippen molar-refractivity contribution in [3.05, 3.63) is 60.8 Å². The number of ether oxygens (including phenoxy) is 1. The molecule has 85 valence electrons. The van der Waals surface area contributed by atoms with E-state index in [1.54, 1.807) is 6.67 Å². The van der Waals surface area contributed by atoms with Gasteiger partial charge in [-0.05, 0) is 17.7 Å². The molecule has 0 atom stereocenters. The highest BCUT2D eigenvalue weighted by molar-refractivity contribution is 5.80. The van der Waals surface area contributed by atoms with Gasteiger partial charge in [0.15, 0.2) is 0 Å². The molecule has 2 aromatic carbocycles. The molecule has 0 fully saturated rings. The molecular weight excluding hydrogens is 212 g/mol. The molecule has 1 aliphatic rings. The Balaban J connectivity index is 1.76. The van der Waals surface area contributed by atoms with Crippen molar-refractivity contribution in [1.29, 1.82) is 0 Å². The van der Waals surface area contributed by atoms with Crippen LogP contribution in [0.1, 0.15) is 5.56 Å². The zero-order valence-electron chi connectivity index (χ0n) is 9.31. The first kappa shape index (κ1) is 10.0. The van der Waals surface area contributed by atoms with E-state index < -0.39 is 0 Å². The van der Waals surface area contributed by atoms with Crippen LogP contribution in [0.25, 0.3) is 0 Å². The average molecular weight is 225 g/mol. The fraction of sp³-hybridized carbons (Fsp3) is 0.0714. The van der Waals surface area contributed by atoms with Gasteiger partial charge >= 0.3 is 0 Å². The van der Waals surface area contributed by atoms with E-state index in [1.807, 2.05) is 36.4 Å². The predicted octanol–water partition coefficient (Wildman–Crippen LogP) is 3.22. The predicted molar refractivity (Wildman–Crippen MR) is 68.8 cm³/mol. The Morgan fingerprint density at radius 1 is 0.882 bits per heavy atom. The highest BCUT2D eigenvalue weighted by Crippen LogP contribution is 2.36. The maximum atomic E-state index is 5.81. The van der Waals surface area contributed by atoms with Gasteiger partial charge in [-0.3, -0.25) is 0 Å². The molecule has 0 aliphatic carbocycles. The van der Waals surface area contributed by atoms with Crippen LogP contribution in [0.5, 0.6) is 5.75 Å². The molecule has 1 aliphatic heterocycles. The minimum atomic E-state index is 0.582. The van der Waals surface area contributed by atoms with E-state index in [0.717, 1.165) is 17.1 Å². The third-order valence-electron chi connectivity index (χ3n) is 2.71. The molecule has 0 saturated heterocycles. The van der Waals surface area contributed by atoms with E-state index in [2.05, 4.69) is 22.8 Å². The van der Waals surface area contributed by atoms with Crippen molar-refractivity contribution in [2.75, 3.05) is 10.6 Å². The lowest BCUT2D eigenvalue weighted by atomic mass is 10.2. The zero-order chi connectivity index (χ0) is 11.5. The summed E-state index contributed by atoms with van der Waals surface area (Å²) < 4.78 is 5.81. The van der Waals surface area contributed by atoms with Gasteiger partial charge in [-0.2, -0.15) is 0 Å². The second-order valence-corrected chi connectivity index (χ2v) is 3.89. The van der Waals surface area contributed by atoms with Crippen LogP contribution in [0.2, 0.25) is 0 Å². The van der Waals surface area contributed by atoms with Crippen LogP contribution in [0, 0.1) is 6.67 Å². The van der Waals surface area contributed by atoms with Gasteiger partial charge in [0.25, 0.3) is 0 Å². The molecule has 0 amide bonds. The molecule has 0 spiro atoms. The molecule has 3 rings (SSSR count). The summed E-state index contributed by atoms with van der Waals surface area (Å²) in [5.41, 5.74) is 3.22. The lowest BCUT2D eigenvalue weighted by molar-refractivity contribution is 0.308. The van der Waals surface area contributed by atoms with Crippen molar-refractivity contribution in [3.63, 3.8) is 0 Å². The SMILES string of the molecule is [CH]1Nc2cccc(OCc3ccccc3)c2N1. The highest BCUT2D eigenvalue weighted by atomic mass is 16.5. The molecule has 2 N–H and O–H groups in total. The average Bonchev–Trinajstić information content (AvgIpc) is 2.86. The number of hydrogen-bond acceptors (Lipinski definition) is 3. The second-order valence-electron chi connectivity index (χ2n) is 3.89. The van der Waals surface area contributed by atoms with E-state index in [-0.39, 0.29) is 0 Å². The second kappa shape index (κ2) is 4.37. The molecule has 1 radical (unpaired) electrons. The number of rotatable bonds is 3. The fourth-order valence-electron chi connectivity index (χ4n) is 1.84. The molecule has 0 saturated carbocycles. The van der Waals surface area contributed by atoms with Crippen molar-refractivity contribution in [2.45, 2.75) is 6.61 Å². The molecule has 3 nitrogen and oxygen atoms in total. The minimum absolute atomic E-state index is 0.582. The summed E-state index contributed by atoms with van der Waals surface area (Å²) in [6.45, 7) is 2.39. The molecule has 0 unspecified atom stereocenters. The number of nitrogens with one attached hydrogen (secondary N) is 2. The van der Waals surface area contributed by atoms with E-state index in [4.69, 9.17) is 4.74 Å². The van der Waals surface area contributed by atoms with E-state index >= 15 is 0 Å². The Labute approximate surface area is 100 Å². The van der Waals surface area contributed by atoms with E-state index in [9.17, 15) is 0 Å². The highest BCUT2D eigenvalue weighted by Gasteiger charge is 2.14. The van der Waals surface area contributed by atoms with Gasteiger partial charge in [-0.1, -0.05) is 36.4 Å². The number of anilines is 2. The maximum absolute atomic E-state index is 5.81.